The van der Waals surface area contributed by atoms with Gasteiger partial charge in [-0.25, -0.2) is 9.67 Å². The molecule has 0 aliphatic heterocycles. The number of para-hydroxylation sites is 1. The molecule has 0 radical (unpaired) electrons. The highest BCUT2D eigenvalue weighted by Gasteiger charge is 2.18. The second-order valence-electron chi connectivity index (χ2n) is 6.06. The predicted molar refractivity (Wildman–Crippen MR) is 108 cm³/mol. The van der Waals surface area contributed by atoms with E-state index in [1.165, 1.54) is 0 Å². The molecule has 6 nitrogen and oxygen atoms in total. The van der Waals surface area contributed by atoms with Crippen LogP contribution in [0.1, 0.15) is 10.6 Å². The number of anilines is 1. The summed E-state index contributed by atoms with van der Waals surface area (Å²) in [5.41, 5.74) is 2.35. The molecule has 0 atom stereocenters. The number of nitrogens with one attached hydrogen (secondary N) is 1. The van der Waals surface area contributed by atoms with Gasteiger partial charge in [-0.2, -0.15) is 0 Å². The molecule has 0 saturated heterocycles. The summed E-state index contributed by atoms with van der Waals surface area (Å²) in [6.45, 7) is 0. The van der Waals surface area contributed by atoms with E-state index in [2.05, 4.69) is 15.4 Å². The summed E-state index contributed by atoms with van der Waals surface area (Å²) in [5.74, 6) is 1.04. The first-order chi connectivity index (χ1) is 13.7. The molecule has 0 saturated carbocycles. The highest BCUT2D eigenvalue weighted by molar-refractivity contribution is 6.01. The molecule has 0 bridgehead atoms. The Bertz CT molecular complexity index is 1020. The van der Waals surface area contributed by atoms with Crippen LogP contribution in [0.15, 0.2) is 84.9 Å². The first-order valence-electron chi connectivity index (χ1n) is 8.78. The van der Waals surface area contributed by atoms with Crippen LogP contribution in [-0.4, -0.2) is 27.8 Å². The van der Waals surface area contributed by atoms with Gasteiger partial charge in [0.15, 0.2) is 5.82 Å². The quantitative estimate of drug-likeness (QED) is 0.572. The van der Waals surface area contributed by atoms with Crippen molar-refractivity contribution in [3.63, 3.8) is 0 Å². The lowest BCUT2D eigenvalue weighted by atomic mass is 10.2. The van der Waals surface area contributed by atoms with Gasteiger partial charge < -0.3 is 10.1 Å². The van der Waals surface area contributed by atoms with Gasteiger partial charge >= 0.3 is 0 Å². The van der Waals surface area contributed by atoms with Crippen molar-refractivity contribution in [1.82, 2.24) is 14.8 Å². The van der Waals surface area contributed by atoms with Crippen LogP contribution < -0.4 is 10.1 Å². The third kappa shape index (κ3) is 3.61. The molecule has 1 heterocycles. The largest absolute Gasteiger partial charge is 0.497 e. The molecule has 1 N–H and O–H groups in total. The average Bonchev–Trinajstić information content (AvgIpc) is 3.21. The van der Waals surface area contributed by atoms with Crippen LogP contribution in [0.3, 0.4) is 0 Å². The molecule has 0 aliphatic carbocycles. The molecule has 1 aromatic heterocycles. The second-order valence-corrected chi connectivity index (χ2v) is 6.06. The van der Waals surface area contributed by atoms with Gasteiger partial charge in [-0.3, -0.25) is 4.79 Å². The number of rotatable bonds is 5. The van der Waals surface area contributed by atoms with Crippen molar-refractivity contribution in [2.75, 3.05) is 12.4 Å². The number of methoxy groups -OCH3 is 1. The van der Waals surface area contributed by atoms with Crippen LogP contribution in [0.4, 0.5) is 5.69 Å². The highest BCUT2D eigenvalue weighted by atomic mass is 16.5. The zero-order chi connectivity index (χ0) is 19.3. The fraction of sp³-hybridized carbons (Fsp3) is 0.0455. The van der Waals surface area contributed by atoms with Crippen LogP contribution in [0, 0.1) is 0 Å². The van der Waals surface area contributed by atoms with E-state index in [0.717, 1.165) is 17.0 Å². The van der Waals surface area contributed by atoms with E-state index >= 15 is 0 Å². The van der Waals surface area contributed by atoms with Gasteiger partial charge in [0.05, 0.1) is 12.8 Å². The maximum absolute atomic E-state index is 12.7. The topological polar surface area (TPSA) is 69.0 Å². The molecule has 0 unspecified atom stereocenters. The molecule has 1 amide bonds. The van der Waals surface area contributed by atoms with Crippen molar-refractivity contribution in [2.45, 2.75) is 0 Å². The molecular formula is C22H18N4O2. The summed E-state index contributed by atoms with van der Waals surface area (Å²) in [4.78, 5) is 17.2. The molecular weight excluding hydrogens is 352 g/mol. The van der Waals surface area contributed by atoms with Crippen molar-refractivity contribution in [3.05, 3.63) is 90.8 Å². The van der Waals surface area contributed by atoms with Crippen molar-refractivity contribution < 1.29 is 9.53 Å². The number of benzene rings is 3. The smallest absolute Gasteiger partial charge is 0.295 e. The van der Waals surface area contributed by atoms with E-state index in [9.17, 15) is 4.79 Å². The summed E-state index contributed by atoms with van der Waals surface area (Å²) >= 11 is 0. The highest BCUT2D eigenvalue weighted by Crippen LogP contribution is 2.22. The Morgan fingerprint density at radius 1 is 0.893 bits per heavy atom. The Morgan fingerprint density at radius 3 is 2.18 bits per heavy atom. The maximum Gasteiger partial charge on any atom is 0.295 e. The lowest BCUT2D eigenvalue weighted by molar-refractivity contribution is 0.101. The number of aromatic nitrogens is 3. The number of carbonyl (C=O) groups excluding carboxylic acids is 1. The van der Waals surface area contributed by atoms with Crippen LogP contribution >= 0.6 is 0 Å². The summed E-state index contributed by atoms with van der Waals surface area (Å²) in [5, 5.41) is 7.28. The SMILES string of the molecule is COc1ccc(NC(=O)c2nc(-c3ccccc3)n(-c3ccccc3)n2)cc1. The van der Waals surface area contributed by atoms with Crippen molar-refractivity contribution in [1.29, 1.82) is 0 Å². The fourth-order valence-corrected chi connectivity index (χ4v) is 2.79. The lowest BCUT2D eigenvalue weighted by Crippen LogP contribution is -2.14. The van der Waals surface area contributed by atoms with Gasteiger partial charge in [0.1, 0.15) is 5.75 Å². The van der Waals surface area contributed by atoms with Gasteiger partial charge in [-0.1, -0.05) is 48.5 Å². The number of hydrogen-bond donors (Lipinski definition) is 1. The van der Waals surface area contributed by atoms with Crippen LogP contribution in [0.2, 0.25) is 0 Å². The minimum Gasteiger partial charge on any atom is -0.497 e. The molecule has 4 aromatic rings. The predicted octanol–water partition coefficient (Wildman–Crippen LogP) is 4.20. The molecule has 3 aromatic carbocycles. The molecule has 0 fully saturated rings. The van der Waals surface area contributed by atoms with Gasteiger partial charge in [0.2, 0.25) is 5.82 Å². The van der Waals surface area contributed by atoms with E-state index in [1.807, 2.05) is 60.7 Å². The molecule has 6 heteroatoms. The van der Waals surface area contributed by atoms with Crippen LogP contribution in [0.25, 0.3) is 17.1 Å². The Labute approximate surface area is 162 Å². The van der Waals surface area contributed by atoms with Crippen LogP contribution in [-0.2, 0) is 0 Å². The molecule has 0 spiro atoms. The lowest BCUT2D eigenvalue weighted by Gasteiger charge is -2.05. The first kappa shape index (κ1) is 17.5. The Morgan fingerprint density at radius 2 is 1.54 bits per heavy atom. The standard InChI is InChI=1S/C22H18N4O2/c1-28-19-14-12-17(13-15-19)23-22(27)20-24-21(16-8-4-2-5-9-16)26(25-20)18-10-6-3-7-11-18/h2-15H,1H3,(H,23,27). The summed E-state index contributed by atoms with van der Waals surface area (Å²) in [7, 11) is 1.60. The van der Waals surface area contributed by atoms with Gasteiger partial charge in [-0.15, -0.1) is 5.10 Å². The Hall–Kier alpha value is -3.93. The zero-order valence-electron chi connectivity index (χ0n) is 15.2. The van der Waals surface area contributed by atoms with Crippen molar-refractivity contribution >= 4 is 11.6 Å². The summed E-state index contributed by atoms with van der Waals surface area (Å²) < 4.78 is 6.81. The Kier molecular flexibility index (Phi) is 4.84. The van der Waals surface area contributed by atoms with E-state index < -0.39 is 0 Å². The van der Waals surface area contributed by atoms with E-state index in [4.69, 9.17) is 4.74 Å². The minimum atomic E-state index is -0.378. The number of ether oxygens (including phenoxy) is 1. The fourth-order valence-electron chi connectivity index (χ4n) is 2.79. The normalized spacial score (nSPS) is 10.5. The maximum atomic E-state index is 12.7. The minimum absolute atomic E-state index is 0.0959. The van der Waals surface area contributed by atoms with E-state index in [1.54, 1.807) is 36.1 Å². The van der Waals surface area contributed by atoms with Gasteiger partial charge in [0.25, 0.3) is 5.91 Å². The molecule has 138 valence electrons. The number of hydrogen-bond acceptors (Lipinski definition) is 4. The first-order valence-corrected chi connectivity index (χ1v) is 8.78. The number of nitrogens with zero attached hydrogens (tertiary/aromatic N) is 3. The van der Waals surface area contributed by atoms with Gasteiger partial charge in [0, 0.05) is 11.3 Å². The summed E-state index contributed by atoms with van der Waals surface area (Å²) in [6, 6.07) is 26.4. The molecule has 0 aliphatic rings. The summed E-state index contributed by atoms with van der Waals surface area (Å²) in [6.07, 6.45) is 0. The average molecular weight is 370 g/mol. The third-order valence-corrected chi connectivity index (χ3v) is 4.19. The van der Waals surface area contributed by atoms with Crippen molar-refractivity contribution in [3.8, 4) is 22.8 Å². The van der Waals surface area contributed by atoms with Crippen molar-refractivity contribution in [2.24, 2.45) is 0 Å². The molecule has 4 rings (SSSR count). The van der Waals surface area contributed by atoms with E-state index in [0.29, 0.717) is 11.5 Å². The number of amides is 1. The van der Waals surface area contributed by atoms with E-state index in [-0.39, 0.29) is 11.7 Å². The van der Waals surface area contributed by atoms with Gasteiger partial charge in [-0.05, 0) is 36.4 Å². The third-order valence-electron chi connectivity index (χ3n) is 4.19. The second kappa shape index (κ2) is 7.75. The molecule has 28 heavy (non-hydrogen) atoms. The zero-order valence-corrected chi connectivity index (χ0v) is 15.2. The van der Waals surface area contributed by atoms with Crippen LogP contribution in [0.5, 0.6) is 5.75 Å². The number of carbonyl (C=O) groups is 1. The monoisotopic (exact) mass is 370 g/mol. The Balaban J connectivity index is 1.69.